The first-order chi connectivity index (χ1) is 12.8. The van der Waals surface area contributed by atoms with Crippen molar-refractivity contribution in [3.63, 3.8) is 0 Å². The third-order valence-corrected chi connectivity index (χ3v) is 6.97. The molecule has 1 atom stereocenters. The maximum Gasteiger partial charge on any atom is 0.349 e. The van der Waals surface area contributed by atoms with E-state index in [1.54, 1.807) is 5.38 Å². The summed E-state index contributed by atoms with van der Waals surface area (Å²) in [5.41, 5.74) is 2.14. The van der Waals surface area contributed by atoms with Crippen LogP contribution in [0.1, 0.15) is 26.8 Å². The molecule has 3 rings (SSSR count). The molecule has 0 spiro atoms. The first kappa shape index (κ1) is 19.8. The van der Waals surface area contributed by atoms with Crippen molar-refractivity contribution in [2.45, 2.75) is 17.4 Å². The zero-order valence-electron chi connectivity index (χ0n) is 15.4. The van der Waals surface area contributed by atoms with Gasteiger partial charge in [-0.2, -0.15) is 0 Å². The van der Waals surface area contributed by atoms with E-state index in [1.807, 2.05) is 31.1 Å². The van der Waals surface area contributed by atoms with Gasteiger partial charge in [0.1, 0.15) is 15.5 Å². The summed E-state index contributed by atoms with van der Waals surface area (Å²) in [5.74, 6) is 0.228. The van der Waals surface area contributed by atoms with Crippen LogP contribution in [0.2, 0.25) is 0 Å². The first-order valence-corrected chi connectivity index (χ1v) is 10.8. The molecule has 146 valence electrons. The molecule has 2 aromatic rings. The van der Waals surface area contributed by atoms with Gasteiger partial charge in [-0.3, -0.25) is 0 Å². The number of rotatable bonds is 7. The van der Waals surface area contributed by atoms with Crippen LogP contribution in [-0.4, -0.2) is 53.6 Å². The van der Waals surface area contributed by atoms with Crippen molar-refractivity contribution in [1.82, 2.24) is 9.62 Å². The van der Waals surface area contributed by atoms with Crippen molar-refractivity contribution in [3.8, 4) is 5.75 Å². The van der Waals surface area contributed by atoms with Crippen LogP contribution in [0, 0.1) is 0 Å². The van der Waals surface area contributed by atoms with Crippen LogP contribution in [0.15, 0.2) is 34.5 Å². The minimum absolute atomic E-state index is 0.0563. The number of nitrogens with one attached hydrogen (secondary N) is 1. The molecule has 7 nitrogen and oxygen atoms in total. The summed E-state index contributed by atoms with van der Waals surface area (Å²) in [5, 5.41) is 1.56. The molecular formula is C18H22N2O5S2. The molecule has 9 heteroatoms. The van der Waals surface area contributed by atoms with Gasteiger partial charge in [0.15, 0.2) is 0 Å². The molecule has 0 radical (unpaired) electrons. The molecule has 1 aliphatic rings. The van der Waals surface area contributed by atoms with E-state index < -0.39 is 16.0 Å². The number of hydrogen-bond donors (Lipinski definition) is 1. The van der Waals surface area contributed by atoms with Gasteiger partial charge in [0.2, 0.25) is 10.0 Å². The second kappa shape index (κ2) is 7.97. The van der Waals surface area contributed by atoms with E-state index in [0.717, 1.165) is 34.6 Å². The fourth-order valence-corrected chi connectivity index (χ4v) is 5.40. The number of carbonyl (C=O) groups is 1. The number of nitrogens with zero attached hydrogens (tertiary/aromatic N) is 1. The summed E-state index contributed by atoms with van der Waals surface area (Å²) in [6, 6.07) is 7.19. The van der Waals surface area contributed by atoms with E-state index in [1.165, 1.54) is 13.2 Å². The van der Waals surface area contributed by atoms with Gasteiger partial charge in [-0.1, -0.05) is 12.1 Å². The Hall–Kier alpha value is -1.94. The number of ether oxygens (including phenoxy) is 2. The maximum absolute atomic E-state index is 12.7. The quantitative estimate of drug-likeness (QED) is 0.704. The highest BCUT2D eigenvalue weighted by Crippen LogP contribution is 2.30. The summed E-state index contributed by atoms with van der Waals surface area (Å²) in [4.78, 5) is 13.8. The van der Waals surface area contributed by atoms with Crippen LogP contribution >= 0.6 is 11.3 Å². The van der Waals surface area contributed by atoms with E-state index in [2.05, 4.69) is 15.5 Å². The Bertz CT molecular complexity index is 937. The lowest BCUT2D eigenvalue weighted by molar-refractivity contribution is 0.0602. The van der Waals surface area contributed by atoms with E-state index in [-0.39, 0.29) is 22.4 Å². The highest BCUT2D eigenvalue weighted by Gasteiger charge is 2.26. The lowest BCUT2D eigenvalue weighted by atomic mass is 10.0. The SMILES string of the molecule is COC(=O)c1sccc1S(=O)(=O)NC[C@H](c1ccc2c(c1)CCO2)N(C)C. The number of hydrogen-bond acceptors (Lipinski definition) is 7. The summed E-state index contributed by atoms with van der Waals surface area (Å²) >= 11 is 1.04. The van der Waals surface area contributed by atoms with E-state index in [9.17, 15) is 13.2 Å². The van der Waals surface area contributed by atoms with Gasteiger partial charge in [-0.15, -0.1) is 11.3 Å². The Kier molecular flexibility index (Phi) is 5.85. The lowest BCUT2D eigenvalue weighted by Crippen LogP contribution is -2.35. The third kappa shape index (κ3) is 4.16. The Morgan fingerprint density at radius 2 is 2.15 bits per heavy atom. The summed E-state index contributed by atoms with van der Waals surface area (Å²) in [6.45, 7) is 0.845. The highest BCUT2D eigenvalue weighted by atomic mass is 32.2. The van der Waals surface area contributed by atoms with E-state index in [0.29, 0.717) is 6.61 Å². The molecule has 1 aliphatic heterocycles. The fraction of sp³-hybridized carbons (Fsp3) is 0.389. The predicted octanol–water partition coefficient (Wildman–Crippen LogP) is 2.05. The molecule has 0 unspecified atom stereocenters. The number of sulfonamides is 1. The van der Waals surface area contributed by atoms with Gasteiger partial charge < -0.3 is 14.4 Å². The van der Waals surface area contributed by atoms with Gasteiger partial charge in [0, 0.05) is 19.0 Å². The zero-order chi connectivity index (χ0) is 19.6. The van der Waals surface area contributed by atoms with E-state index >= 15 is 0 Å². The van der Waals surface area contributed by atoms with Gasteiger partial charge in [0.05, 0.1) is 13.7 Å². The van der Waals surface area contributed by atoms with Gasteiger partial charge in [-0.25, -0.2) is 17.9 Å². The fourth-order valence-electron chi connectivity index (χ4n) is 3.03. The van der Waals surface area contributed by atoms with Crippen LogP contribution in [-0.2, 0) is 21.2 Å². The number of benzene rings is 1. The number of esters is 1. The van der Waals surface area contributed by atoms with Crippen molar-refractivity contribution in [1.29, 1.82) is 0 Å². The number of thiophene rings is 1. The molecule has 2 heterocycles. The van der Waals surface area contributed by atoms with Gasteiger partial charge in [0.25, 0.3) is 0 Å². The second-order valence-corrected chi connectivity index (χ2v) is 9.05. The molecule has 0 saturated heterocycles. The summed E-state index contributed by atoms with van der Waals surface area (Å²) < 4.78 is 38.3. The minimum Gasteiger partial charge on any atom is -0.493 e. The molecule has 0 aliphatic carbocycles. The minimum atomic E-state index is -3.84. The van der Waals surface area contributed by atoms with Crippen LogP contribution in [0.5, 0.6) is 5.75 Å². The lowest BCUT2D eigenvalue weighted by Gasteiger charge is -2.25. The Balaban J connectivity index is 1.80. The highest BCUT2D eigenvalue weighted by molar-refractivity contribution is 7.89. The summed E-state index contributed by atoms with van der Waals surface area (Å²) in [6.07, 6.45) is 0.854. The topological polar surface area (TPSA) is 84.9 Å². The Morgan fingerprint density at radius 3 is 2.85 bits per heavy atom. The van der Waals surface area contributed by atoms with Crippen molar-refractivity contribution < 1.29 is 22.7 Å². The average Bonchev–Trinajstić information content (AvgIpc) is 3.29. The van der Waals surface area contributed by atoms with E-state index in [4.69, 9.17) is 4.74 Å². The molecule has 1 aromatic heterocycles. The average molecular weight is 411 g/mol. The molecule has 1 aromatic carbocycles. The van der Waals surface area contributed by atoms with Crippen molar-refractivity contribution >= 4 is 27.3 Å². The largest absolute Gasteiger partial charge is 0.493 e. The number of methoxy groups -OCH3 is 1. The Morgan fingerprint density at radius 1 is 1.37 bits per heavy atom. The van der Waals surface area contributed by atoms with Crippen LogP contribution < -0.4 is 9.46 Å². The van der Waals surface area contributed by atoms with Crippen molar-refractivity contribution in [2.24, 2.45) is 0 Å². The molecule has 1 N–H and O–H groups in total. The van der Waals surface area contributed by atoms with Crippen molar-refractivity contribution in [3.05, 3.63) is 45.6 Å². The maximum atomic E-state index is 12.7. The monoisotopic (exact) mass is 410 g/mol. The standard InChI is InChI=1S/C18H22N2O5S2/c1-20(2)14(12-4-5-15-13(10-12)6-8-25-15)11-19-27(22,23)16-7-9-26-17(16)18(21)24-3/h4-5,7,9-10,14,19H,6,8,11H2,1-3H3/t14-/m1/s1. The smallest absolute Gasteiger partial charge is 0.349 e. The Labute approximate surface area is 163 Å². The zero-order valence-corrected chi connectivity index (χ0v) is 17.0. The molecule has 0 saturated carbocycles. The molecule has 0 amide bonds. The van der Waals surface area contributed by atoms with Gasteiger partial charge >= 0.3 is 5.97 Å². The number of likely N-dealkylation sites (N-methyl/N-ethyl adjacent to an activating group) is 1. The molecular weight excluding hydrogens is 388 g/mol. The molecule has 27 heavy (non-hydrogen) atoms. The molecule has 0 fully saturated rings. The van der Waals surface area contributed by atoms with Crippen molar-refractivity contribution in [2.75, 3.05) is 34.4 Å². The van der Waals surface area contributed by atoms with Crippen LogP contribution in [0.3, 0.4) is 0 Å². The first-order valence-electron chi connectivity index (χ1n) is 8.41. The predicted molar refractivity (Wildman–Crippen MR) is 103 cm³/mol. The van der Waals surface area contributed by atoms with Crippen LogP contribution in [0.4, 0.5) is 0 Å². The van der Waals surface area contributed by atoms with Crippen LogP contribution in [0.25, 0.3) is 0 Å². The number of carbonyl (C=O) groups excluding carboxylic acids is 1. The number of fused-ring (bicyclic) bond motifs is 1. The molecule has 0 bridgehead atoms. The normalized spacial score (nSPS) is 14.7. The second-order valence-electron chi connectivity index (χ2n) is 6.40. The van der Waals surface area contributed by atoms with Gasteiger partial charge in [-0.05, 0) is 42.7 Å². The summed E-state index contributed by atoms with van der Waals surface area (Å²) in [7, 11) is 1.18. The third-order valence-electron chi connectivity index (χ3n) is 4.48.